The lowest BCUT2D eigenvalue weighted by Crippen LogP contribution is -2.37. The van der Waals surface area contributed by atoms with Crippen LogP contribution in [0.3, 0.4) is 0 Å². The molecule has 104 valence electrons. The zero-order valence-electron chi connectivity index (χ0n) is 12.0. The van der Waals surface area contributed by atoms with Gasteiger partial charge in [0.25, 0.3) is 0 Å². The van der Waals surface area contributed by atoms with E-state index in [0.717, 1.165) is 28.0 Å². The van der Waals surface area contributed by atoms with Crippen LogP contribution in [-0.4, -0.2) is 30.9 Å². The molecule has 5 heteroatoms. The molecule has 0 fully saturated rings. The molecule has 0 aromatic heterocycles. The van der Waals surface area contributed by atoms with Gasteiger partial charge in [-0.05, 0) is 43.0 Å². The Morgan fingerprint density at radius 2 is 1.84 bits per heavy atom. The van der Waals surface area contributed by atoms with Gasteiger partial charge in [-0.1, -0.05) is 6.07 Å². The number of amides is 2. The van der Waals surface area contributed by atoms with Crippen molar-refractivity contribution in [1.29, 1.82) is 0 Å². The predicted octanol–water partition coefficient (Wildman–Crippen LogP) is 1.06. The molecule has 0 bridgehead atoms. The molecule has 5 nitrogen and oxygen atoms in total. The van der Waals surface area contributed by atoms with Crippen LogP contribution in [0.15, 0.2) is 6.07 Å². The van der Waals surface area contributed by atoms with Crippen LogP contribution in [0.1, 0.15) is 22.3 Å². The van der Waals surface area contributed by atoms with E-state index < -0.39 is 11.8 Å². The number of hydrogen-bond donors (Lipinski definition) is 1. The van der Waals surface area contributed by atoms with Crippen molar-refractivity contribution in [1.82, 2.24) is 4.90 Å². The number of carbonyl (C=O) groups excluding carboxylic acids is 2. The van der Waals surface area contributed by atoms with Crippen LogP contribution in [0, 0.1) is 20.8 Å². The van der Waals surface area contributed by atoms with Gasteiger partial charge in [0.15, 0.2) is 0 Å². The Hall–Kier alpha value is -2.04. The van der Waals surface area contributed by atoms with Crippen molar-refractivity contribution in [3.8, 4) is 5.75 Å². The zero-order valence-corrected chi connectivity index (χ0v) is 12.0. The monoisotopic (exact) mass is 264 g/mol. The summed E-state index contributed by atoms with van der Waals surface area (Å²) in [6.07, 6.45) is 0. The summed E-state index contributed by atoms with van der Waals surface area (Å²) in [5.74, 6) is -0.780. The van der Waals surface area contributed by atoms with Gasteiger partial charge in [-0.25, -0.2) is 0 Å². The summed E-state index contributed by atoms with van der Waals surface area (Å²) < 4.78 is 5.35. The second kappa shape index (κ2) is 5.73. The predicted molar refractivity (Wildman–Crippen MR) is 72.9 cm³/mol. The Bertz CT molecular complexity index is 524. The molecule has 0 spiro atoms. The lowest BCUT2D eigenvalue weighted by atomic mass is 9.98. The van der Waals surface area contributed by atoms with Gasteiger partial charge in [0.05, 0.1) is 7.11 Å². The molecule has 0 radical (unpaired) electrons. The van der Waals surface area contributed by atoms with Gasteiger partial charge in [0, 0.05) is 13.6 Å². The molecule has 1 aromatic carbocycles. The number of nitrogens with two attached hydrogens (primary N) is 1. The van der Waals surface area contributed by atoms with Gasteiger partial charge in [-0.2, -0.15) is 0 Å². The maximum atomic E-state index is 11.5. The van der Waals surface area contributed by atoms with Crippen molar-refractivity contribution in [3.05, 3.63) is 28.3 Å². The smallest absolute Gasteiger partial charge is 0.311 e. The van der Waals surface area contributed by atoms with E-state index in [4.69, 9.17) is 10.5 Å². The van der Waals surface area contributed by atoms with E-state index in [-0.39, 0.29) is 0 Å². The Kier molecular flexibility index (Phi) is 4.53. The number of aryl methyl sites for hydroxylation is 1. The summed E-state index contributed by atoms with van der Waals surface area (Å²) >= 11 is 0. The standard InChI is InChI=1S/C14H20N2O3/c1-8-6-11(7-16(4)14(18)13(15)17)9(2)10(3)12(8)19-5/h6H,7H2,1-5H3,(H2,15,17). The summed E-state index contributed by atoms with van der Waals surface area (Å²) in [6, 6.07) is 1.96. The minimum absolute atomic E-state index is 0.347. The largest absolute Gasteiger partial charge is 0.496 e. The molecule has 0 heterocycles. The maximum absolute atomic E-state index is 11.5. The number of benzene rings is 1. The second-order valence-electron chi connectivity index (χ2n) is 4.66. The van der Waals surface area contributed by atoms with Crippen LogP contribution in [0.2, 0.25) is 0 Å². The molecule has 1 rings (SSSR count). The average molecular weight is 264 g/mol. The lowest BCUT2D eigenvalue weighted by molar-refractivity contribution is -0.143. The van der Waals surface area contributed by atoms with Gasteiger partial charge < -0.3 is 15.4 Å². The molecule has 19 heavy (non-hydrogen) atoms. The summed E-state index contributed by atoms with van der Waals surface area (Å²) in [5.41, 5.74) is 9.05. The molecule has 0 aliphatic rings. The third-order valence-electron chi connectivity index (χ3n) is 3.30. The quantitative estimate of drug-likeness (QED) is 0.830. The highest BCUT2D eigenvalue weighted by molar-refractivity contribution is 6.34. The van der Waals surface area contributed by atoms with E-state index in [0.29, 0.717) is 6.54 Å². The number of hydrogen-bond acceptors (Lipinski definition) is 3. The van der Waals surface area contributed by atoms with Crippen molar-refractivity contribution in [3.63, 3.8) is 0 Å². The normalized spacial score (nSPS) is 10.2. The highest BCUT2D eigenvalue weighted by Crippen LogP contribution is 2.29. The number of ether oxygens (including phenoxy) is 1. The molecular formula is C14H20N2O3. The fourth-order valence-corrected chi connectivity index (χ4v) is 2.14. The van der Waals surface area contributed by atoms with Crippen LogP contribution in [0.25, 0.3) is 0 Å². The Balaban J connectivity index is 3.10. The zero-order chi connectivity index (χ0) is 14.7. The lowest BCUT2D eigenvalue weighted by Gasteiger charge is -2.20. The molecule has 0 aliphatic carbocycles. The summed E-state index contributed by atoms with van der Waals surface area (Å²) in [4.78, 5) is 23.7. The molecule has 0 saturated carbocycles. The Morgan fingerprint density at radius 3 is 2.32 bits per heavy atom. The van der Waals surface area contributed by atoms with E-state index in [1.54, 1.807) is 14.2 Å². The Morgan fingerprint density at radius 1 is 1.26 bits per heavy atom. The van der Waals surface area contributed by atoms with E-state index in [1.165, 1.54) is 4.90 Å². The van der Waals surface area contributed by atoms with Crippen LogP contribution < -0.4 is 10.5 Å². The highest BCUT2D eigenvalue weighted by Gasteiger charge is 2.17. The Labute approximate surface area is 113 Å². The van der Waals surface area contributed by atoms with E-state index in [1.807, 2.05) is 26.8 Å². The third-order valence-corrected chi connectivity index (χ3v) is 3.30. The fraction of sp³-hybridized carbons (Fsp3) is 0.429. The van der Waals surface area contributed by atoms with E-state index in [9.17, 15) is 9.59 Å². The average Bonchev–Trinajstić information content (AvgIpc) is 2.35. The van der Waals surface area contributed by atoms with Gasteiger partial charge in [-0.3, -0.25) is 9.59 Å². The van der Waals surface area contributed by atoms with Crippen LogP contribution in [-0.2, 0) is 16.1 Å². The number of nitrogens with zero attached hydrogens (tertiary/aromatic N) is 1. The highest BCUT2D eigenvalue weighted by atomic mass is 16.5. The van der Waals surface area contributed by atoms with Crippen LogP contribution >= 0.6 is 0 Å². The van der Waals surface area contributed by atoms with Gasteiger partial charge in [-0.15, -0.1) is 0 Å². The number of methoxy groups -OCH3 is 1. The summed E-state index contributed by atoms with van der Waals surface area (Å²) in [5, 5.41) is 0. The number of likely N-dealkylation sites (N-methyl/N-ethyl adjacent to an activating group) is 1. The summed E-state index contributed by atoms with van der Waals surface area (Å²) in [7, 11) is 3.19. The molecule has 1 aromatic rings. The van der Waals surface area contributed by atoms with Crippen molar-refractivity contribution in [2.24, 2.45) is 5.73 Å². The first kappa shape index (κ1) is 15.0. The first-order valence-electron chi connectivity index (χ1n) is 5.98. The minimum Gasteiger partial charge on any atom is -0.496 e. The SMILES string of the molecule is COc1c(C)cc(CN(C)C(=O)C(N)=O)c(C)c1C. The number of primary amides is 1. The molecule has 0 aliphatic heterocycles. The molecule has 2 amide bonds. The second-order valence-corrected chi connectivity index (χ2v) is 4.66. The topological polar surface area (TPSA) is 72.6 Å². The number of rotatable bonds is 3. The molecule has 0 saturated heterocycles. The van der Waals surface area contributed by atoms with Gasteiger partial charge in [0.1, 0.15) is 5.75 Å². The van der Waals surface area contributed by atoms with Gasteiger partial charge >= 0.3 is 11.8 Å². The van der Waals surface area contributed by atoms with Crippen molar-refractivity contribution < 1.29 is 14.3 Å². The van der Waals surface area contributed by atoms with E-state index >= 15 is 0 Å². The fourth-order valence-electron chi connectivity index (χ4n) is 2.14. The molecule has 0 atom stereocenters. The molecule has 2 N–H and O–H groups in total. The first-order valence-corrected chi connectivity index (χ1v) is 5.98. The van der Waals surface area contributed by atoms with Crippen molar-refractivity contribution in [2.75, 3.05) is 14.2 Å². The molecule has 0 unspecified atom stereocenters. The van der Waals surface area contributed by atoms with Crippen molar-refractivity contribution >= 4 is 11.8 Å². The summed E-state index contributed by atoms with van der Waals surface area (Å²) in [6.45, 7) is 6.24. The van der Waals surface area contributed by atoms with Gasteiger partial charge in [0.2, 0.25) is 0 Å². The van der Waals surface area contributed by atoms with Crippen molar-refractivity contribution in [2.45, 2.75) is 27.3 Å². The third kappa shape index (κ3) is 3.05. The van der Waals surface area contributed by atoms with Crippen LogP contribution in [0.5, 0.6) is 5.75 Å². The first-order chi connectivity index (χ1) is 8.79. The number of carbonyl (C=O) groups is 2. The minimum atomic E-state index is -0.942. The van der Waals surface area contributed by atoms with Crippen LogP contribution in [0.4, 0.5) is 0 Å². The van der Waals surface area contributed by atoms with E-state index in [2.05, 4.69) is 0 Å². The molecular weight excluding hydrogens is 244 g/mol. The maximum Gasteiger partial charge on any atom is 0.311 e.